The van der Waals surface area contributed by atoms with Gasteiger partial charge in [0.2, 0.25) is 10.0 Å². The summed E-state index contributed by atoms with van der Waals surface area (Å²) in [5.41, 5.74) is 0.515. The maximum Gasteiger partial charge on any atom is 0.240 e. The molecule has 2 rings (SSSR count). The van der Waals surface area contributed by atoms with E-state index < -0.39 is 10.0 Å². The number of benzene rings is 1. The minimum atomic E-state index is -3.50. The molecule has 0 saturated carbocycles. The van der Waals surface area contributed by atoms with Gasteiger partial charge in [-0.15, -0.1) is 0 Å². The van der Waals surface area contributed by atoms with E-state index in [9.17, 15) is 13.2 Å². The van der Waals surface area contributed by atoms with Crippen LogP contribution in [0.25, 0.3) is 0 Å². The van der Waals surface area contributed by atoms with Gasteiger partial charge in [0, 0.05) is 38.3 Å². The fourth-order valence-electron chi connectivity index (χ4n) is 2.69. The summed E-state index contributed by atoms with van der Waals surface area (Å²) in [7, 11) is -1.36. The van der Waals surface area contributed by atoms with Crippen molar-refractivity contribution < 1.29 is 13.2 Å². The van der Waals surface area contributed by atoms with Crippen molar-refractivity contribution in [3.63, 3.8) is 0 Å². The van der Waals surface area contributed by atoms with Crippen LogP contribution in [0, 0.1) is 0 Å². The van der Waals surface area contributed by atoms with E-state index in [1.54, 1.807) is 12.1 Å². The lowest BCUT2D eigenvalue weighted by Gasteiger charge is -2.32. The summed E-state index contributed by atoms with van der Waals surface area (Å²) in [6.45, 7) is 7.29. The van der Waals surface area contributed by atoms with Gasteiger partial charge in [0.1, 0.15) is 0 Å². The van der Waals surface area contributed by atoms with Gasteiger partial charge in [-0.25, -0.2) is 13.1 Å². The molecule has 0 bridgehead atoms. The van der Waals surface area contributed by atoms with Gasteiger partial charge in [0.05, 0.1) is 4.90 Å². The van der Waals surface area contributed by atoms with Gasteiger partial charge in [-0.1, -0.05) is 12.1 Å². The molecule has 0 amide bonds. The van der Waals surface area contributed by atoms with Crippen LogP contribution in [-0.2, 0) is 10.0 Å². The summed E-state index contributed by atoms with van der Waals surface area (Å²) in [5.74, 6) is -0.0733. The molecule has 1 aromatic carbocycles. The Morgan fingerprint density at radius 1 is 1.08 bits per heavy atom. The first-order chi connectivity index (χ1) is 11.4. The standard InChI is InChI=1S/C17H27N3O3S/c1-15(21)16-5-7-17(8-6-16)24(22,23)18-9-3-4-10-20-13-11-19(2)12-14-20/h5-8,18H,3-4,9-14H2,1-2H3. The van der Waals surface area contributed by atoms with Crippen LogP contribution in [-0.4, -0.2) is 70.3 Å². The number of sulfonamides is 1. The Kier molecular flexibility index (Phi) is 6.91. The van der Waals surface area contributed by atoms with Crippen molar-refractivity contribution >= 4 is 15.8 Å². The van der Waals surface area contributed by atoms with Crippen molar-refractivity contribution in [2.75, 3.05) is 46.3 Å². The van der Waals surface area contributed by atoms with Crippen molar-refractivity contribution in [2.45, 2.75) is 24.7 Å². The van der Waals surface area contributed by atoms with Gasteiger partial charge >= 0.3 is 0 Å². The number of carbonyl (C=O) groups is 1. The molecule has 1 N–H and O–H groups in total. The molecule has 24 heavy (non-hydrogen) atoms. The first-order valence-corrected chi connectivity index (χ1v) is 9.88. The topological polar surface area (TPSA) is 69.7 Å². The van der Waals surface area contributed by atoms with E-state index in [0.717, 1.165) is 45.6 Å². The quantitative estimate of drug-likeness (QED) is 0.562. The zero-order chi connectivity index (χ0) is 17.6. The number of ketones is 1. The Bertz CT molecular complexity index is 636. The number of hydrogen-bond acceptors (Lipinski definition) is 5. The maximum absolute atomic E-state index is 12.2. The highest BCUT2D eigenvalue weighted by atomic mass is 32.2. The molecular weight excluding hydrogens is 326 g/mol. The summed E-state index contributed by atoms with van der Waals surface area (Å²) in [5, 5.41) is 0. The zero-order valence-electron chi connectivity index (χ0n) is 14.5. The van der Waals surface area contributed by atoms with Crippen molar-refractivity contribution in [1.29, 1.82) is 0 Å². The first-order valence-electron chi connectivity index (χ1n) is 8.40. The second-order valence-corrected chi connectivity index (χ2v) is 8.10. The van der Waals surface area contributed by atoms with Crippen molar-refractivity contribution in [3.05, 3.63) is 29.8 Å². The fraction of sp³-hybridized carbons (Fsp3) is 0.588. The van der Waals surface area contributed by atoms with Gasteiger partial charge in [0.15, 0.2) is 5.78 Å². The summed E-state index contributed by atoms with van der Waals surface area (Å²) in [6.07, 6.45) is 1.80. The Morgan fingerprint density at radius 2 is 1.71 bits per heavy atom. The smallest absolute Gasteiger partial charge is 0.240 e. The van der Waals surface area contributed by atoms with E-state index in [1.165, 1.54) is 19.1 Å². The van der Waals surface area contributed by atoms with Gasteiger partial charge in [-0.05, 0) is 45.5 Å². The average Bonchev–Trinajstić information content (AvgIpc) is 2.56. The van der Waals surface area contributed by atoms with Crippen LogP contribution in [0.15, 0.2) is 29.2 Å². The highest BCUT2D eigenvalue weighted by Crippen LogP contribution is 2.11. The van der Waals surface area contributed by atoms with Crippen LogP contribution in [0.5, 0.6) is 0 Å². The van der Waals surface area contributed by atoms with Crippen LogP contribution in [0.4, 0.5) is 0 Å². The van der Waals surface area contributed by atoms with Gasteiger partial charge in [-0.2, -0.15) is 0 Å². The average molecular weight is 353 g/mol. The third-order valence-corrected chi connectivity index (χ3v) is 5.84. The highest BCUT2D eigenvalue weighted by Gasteiger charge is 2.15. The molecular formula is C17H27N3O3S. The summed E-state index contributed by atoms with van der Waals surface area (Å²) in [4.78, 5) is 16.2. The molecule has 7 heteroatoms. The fourth-order valence-corrected chi connectivity index (χ4v) is 3.76. The lowest BCUT2D eigenvalue weighted by Crippen LogP contribution is -2.44. The number of hydrogen-bond donors (Lipinski definition) is 1. The Hall–Kier alpha value is -1.28. The lowest BCUT2D eigenvalue weighted by atomic mass is 10.2. The molecule has 0 aromatic heterocycles. The molecule has 1 aromatic rings. The van der Waals surface area contributed by atoms with Crippen LogP contribution in [0.2, 0.25) is 0 Å². The number of unbranched alkanes of at least 4 members (excludes halogenated alkanes) is 1. The largest absolute Gasteiger partial charge is 0.304 e. The molecule has 0 radical (unpaired) electrons. The molecule has 1 heterocycles. The minimum Gasteiger partial charge on any atom is -0.304 e. The number of nitrogens with one attached hydrogen (secondary N) is 1. The number of Topliss-reactive ketones (excluding diaryl/α,β-unsaturated/α-hetero) is 1. The number of rotatable bonds is 8. The summed E-state index contributed by atoms with van der Waals surface area (Å²) in [6, 6.07) is 6.04. The monoisotopic (exact) mass is 353 g/mol. The van der Waals surface area contributed by atoms with Crippen molar-refractivity contribution in [3.8, 4) is 0 Å². The molecule has 0 atom stereocenters. The number of carbonyl (C=O) groups excluding carboxylic acids is 1. The third kappa shape index (κ3) is 5.66. The Labute approximate surface area is 144 Å². The number of piperazine rings is 1. The molecule has 0 aliphatic carbocycles. The van der Waals surface area contributed by atoms with Crippen LogP contribution < -0.4 is 4.72 Å². The SMILES string of the molecule is CC(=O)c1ccc(S(=O)(=O)NCCCCN2CCN(C)CC2)cc1. The predicted molar refractivity (Wildman–Crippen MR) is 94.8 cm³/mol. The third-order valence-electron chi connectivity index (χ3n) is 4.36. The molecule has 0 unspecified atom stereocenters. The van der Waals surface area contributed by atoms with Crippen molar-refractivity contribution in [1.82, 2.24) is 14.5 Å². The maximum atomic E-state index is 12.2. The Balaban J connectivity index is 1.71. The molecule has 1 aliphatic rings. The first kappa shape index (κ1) is 19.1. The van der Waals surface area contributed by atoms with Gasteiger partial charge < -0.3 is 9.80 Å². The molecule has 134 valence electrons. The second-order valence-electron chi connectivity index (χ2n) is 6.33. The van der Waals surface area contributed by atoms with E-state index in [4.69, 9.17) is 0 Å². The molecule has 1 saturated heterocycles. The molecule has 6 nitrogen and oxygen atoms in total. The Morgan fingerprint density at radius 3 is 2.29 bits per heavy atom. The molecule has 1 fully saturated rings. The summed E-state index contributed by atoms with van der Waals surface area (Å²) >= 11 is 0. The normalized spacial score (nSPS) is 17.1. The predicted octanol–water partition coefficient (Wildman–Crippen LogP) is 1.20. The summed E-state index contributed by atoms with van der Waals surface area (Å²) < 4.78 is 27.0. The van der Waals surface area contributed by atoms with E-state index in [2.05, 4.69) is 21.6 Å². The van der Waals surface area contributed by atoms with Crippen LogP contribution in [0.3, 0.4) is 0 Å². The van der Waals surface area contributed by atoms with Gasteiger partial charge in [0.25, 0.3) is 0 Å². The van der Waals surface area contributed by atoms with Crippen LogP contribution >= 0.6 is 0 Å². The van der Waals surface area contributed by atoms with Crippen LogP contribution in [0.1, 0.15) is 30.1 Å². The number of likely N-dealkylation sites (N-methyl/N-ethyl adjacent to an activating group) is 1. The van der Waals surface area contributed by atoms with E-state index in [-0.39, 0.29) is 10.7 Å². The minimum absolute atomic E-state index is 0.0733. The van der Waals surface area contributed by atoms with E-state index >= 15 is 0 Å². The zero-order valence-corrected chi connectivity index (χ0v) is 15.3. The second kappa shape index (κ2) is 8.71. The van der Waals surface area contributed by atoms with E-state index in [1.807, 2.05) is 0 Å². The lowest BCUT2D eigenvalue weighted by molar-refractivity contribution is 0.101. The molecule has 1 aliphatic heterocycles. The molecule has 0 spiro atoms. The van der Waals surface area contributed by atoms with Gasteiger partial charge in [-0.3, -0.25) is 4.79 Å². The highest BCUT2D eigenvalue weighted by molar-refractivity contribution is 7.89. The number of nitrogens with zero attached hydrogens (tertiary/aromatic N) is 2. The van der Waals surface area contributed by atoms with Crippen molar-refractivity contribution in [2.24, 2.45) is 0 Å². The van der Waals surface area contributed by atoms with E-state index in [0.29, 0.717) is 12.1 Å².